The molecule has 4 rings (SSSR count). The van der Waals surface area contributed by atoms with E-state index in [1.807, 2.05) is 18.2 Å². The fourth-order valence-corrected chi connectivity index (χ4v) is 3.64. The van der Waals surface area contributed by atoms with Crippen LogP contribution in [-0.4, -0.2) is 50.0 Å². The summed E-state index contributed by atoms with van der Waals surface area (Å²) in [6.07, 6.45) is -0.519. The highest BCUT2D eigenvalue weighted by Gasteiger charge is 2.19. The van der Waals surface area contributed by atoms with Gasteiger partial charge in [0.2, 0.25) is 0 Å². The van der Waals surface area contributed by atoms with Crippen LogP contribution in [0.4, 0.5) is 0 Å². The van der Waals surface area contributed by atoms with Crippen LogP contribution in [0.15, 0.2) is 48.5 Å². The molecule has 1 atom stereocenters. The normalized spacial score (nSPS) is 17.0. The summed E-state index contributed by atoms with van der Waals surface area (Å²) in [6, 6.07) is 16.5. The average Bonchev–Trinajstić information content (AvgIpc) is 2.67. The van der Waals surface area contributed by atoms with Crippen LogP contribution >= 0.6 is 0 Å². The SMILES string of the molecule is COc1ccc2cc(C(O)CN3CCOCC3)c3ccccc3c2c1. The van der Waals surface area contributed by atoms with Gasteiger partial charge in [-0.25, -0.2) is 0 Å². The number of morpholine rings is 1. The molecule has 0 radical (unpaired) electrons. The number of methoxy groups -OCH3 is 1. The predicted molar refractivity (Wildman–Crippen MR) is 100 cm³/mol. The van der Waals surface area contributed by atoms with Gasteiger partial charge in [0.05, 0.1) is 26.4 Å². The molecule has 25 heavy (non-hydrogen) atoms. The van der Waals surface area contributed by atoms with E-state index < -0.39 is 6.10 Å². The van der Waals surface area contributed by atoms with Crippen molar-refractivity contribution in [2.45, 2.75) is 6.10 Å². The number of benzene rings is 3. The summed E-state index contributed by atoms with van der Waals surface area (Å²) in [6.45, 7) is 3.87. The van der Waals surface area contributed by atoms with E-state index in [2.05, 4.69) is 35.2 Å². The van der Waals surface area contributed by atoms with Gasteiger partial charge < -0.3 is 14.6 Å². The van der Waals surface area contributed by atoms with Crippen LogP contribution in [0.2, 0.25) is 0 Å². The minimum absolute atomic E-state index is 0.519. The second kappa shape index (κ2) is 7.00. The van der Waals surface area contributed by atoms with E-state index in [0.29, 0.717) is 6.54 Å². The van der Waals surface area contributed by atoms with E-state index in [0.717, 1.165) is 59.2 Å². The largest absolute Gasteiger partial charge is 0.497 e. The van der Waals surface area contributed by atoms with Crippen molar-refractivity contribution in [3.63, 3.8) is 0 Å². The Morgan fingerprint density at radius 2 is 1.80 bits per heavy atom. The van der Waals surface area contributed by atoms with Crippen LogP contribution < -0.4 is 4.74 Å². The van der Waals surface area contributed by atoms with Crippen LogP contribution in [0, 0.1) is 0 Å². The van der Waals surface area contributed by atoms with Gasteiger partial charge in [0.25, 0.3) is 0 Å². The number of aliphatic hydroxyl groups is 1. The molecule has 1 aliphatic heterocycles. The van der Waals surface area contributed by atoms with Gasteiger partial charge in [-0.3, -0.25) is 4.90 Å². The van der Waals surface area contributed by atoms with E-state index >= 15 is 0 Å². The zero-order valence-corrected chi connectivity index (χ0v) is 14.4. The van der Waals surface area contributed by atoms with Crippen molar-refractivity contribution in [2.24, 2.45) is 0 Å². The summed E-state index contributed by atoms with van der Waals surface area (Å²) in [7, 11) is 1.68. The van der Waals surface area contributed by atoms with Crippen LogP contribution in [0.3, 0.4) is 0 Å². The Hall–Kier alpha value is -2.14. The molecule has 130 valence electrons. The number of aliphatic hydroxyl groups excluding tert-OH is 1. The lowest BCUT2D eigenvalue weighted by molar-refractivity contribution is 0.0146. The zero-order chi connectivity index (χ0) is 17.2. The third kappa shape index (κ3) is 3.21. The smallest absolute Gasteiger partial charge is 0.119 e. The molecule has 0 saturated carbocycles. The fraction of sp³-hybridized carbons (Fsp3) is 0.333. The van der Waals surface area contributed by atoms with Crippen molar-refractivity contribution in [3.8, 4) is 5.75 Å². The molecule has 3 aromatic carbocycles. The Bertz CT molecular complexity index is 887. The number of hydrogen-bond acceptors (Lipinski definition) is 4. The van der Waals surface area contributed by atoms with Crippen molar-refractivity contribution in [3.05, 3.63) is 54.1 Å². The summed E-state index contributed by atoms with van der Waals surface area (Å²) < 4.78 is 10.8. The first-order valence-corrected chi connectivity index (χ1v) is 8.74. The maximum Gasteiger partial charge on any atom is 0.119 e. The molecule has 4 nitrogen and oxygen atoms in total. The standard InChI is InChI=1S/C21H23NO3/c1-24-16-7-6-15-12-20(21(23)14-22-8-10-25-11-9-22)18-5-3-2-4-17(18)19(15)13-16/h2-7,12-13,21,23H,8-11,14H2,1H3. The number of β-amino-alcohol motifs (C(OH)–C–C–N with tert-alkyl or cyclic N) is 1. The number of hydrogen-bond donors (Lipinski definition) is 1. The van der Waals surface area contributed by atoms with Crippen LogP contribution in [0.25, 0.3) is 21.5 Å². The van der Waals surface area contributed by atoms with Crippen molar-refractivity contribution in [1.29, 1.82) is 0 Å². The molecule has 0 aliphatic carbocycles. The number of ether oxygens (including phenoxy) is 2. The Kier molecular flexibility index (Phi) is 4.57. The Labute approximate surface area is 147 Å². The van der Waals surface area contributed by atoms with Crippen molar-refractivity contribution >= 4 is 21.5 Å². The summed E-state index contributed by atoms with van der Waals surface area (Å²) >= 11 is 0. The molecular formula is C21H23NO3. The molecule has 3 aromatic rings. The van der Waals surface area contributed by atoms with Crippen LogP contribution in [0.1, 0.15) is 11.7 Å². The monoisotopic (exact) mass is 337 g/mol. The molecule has 1 unspecified atom stereocenters. The number of nitrogens with zero attached hydrogens (tertiary/aromatic N) is 1. The lowest BCUT2D eigenvalue weighted by atomic mass is 9.94. The van der Waals surface area contributed by atoms with E-state index in [1.54, 1.807) is 7.11 Å². The van der Waals surface area contributed by atoms with E-state index in [-0.39, 0.29) is 0 Å². The minimum atomic E-state index is -0.519. The van der Waals surface area contributed by atoms with Gasteiger partial charge in [0.1, 0.15) is 5.75 Å². The Morgan fingerprint density at radius 3 is 2.56 bits per heavy atom. The summed E-state index contributed by atoms with van der Waals surface area (Å²) in [5.74, 6) is 0.847. The van der Waals surface area contributed by atoms with Gasteiger partial charge in [-0.2, -0.15) is 0 Å². The summed E-state index contributed by atoms with van der Waals surface area (Å²) in [5, 5.41) is 15.4. The lowest BCUT2D eigenvalue weighted by Gasteiger charge is -2.29. The van der Waals surface area contributed by atoms with E-state index in [1.165, 1.54) is 0 Å². The third-order valence-corrected chi connectivity index (χ3v) is 4.99. The predicted octanol–water partition coefficient (Wildman–Crippen LogP) is 3.37. The van der Waals surface area contributed by atoms with E-state index in [9.17, 15) is 5.11 Å². The third-order valence-electron chi connectivity index (χ3n) is 4.99. The average molecular weight is 337 g/mol. The fourth-order valence-electron chi connectivity index (χ4n) is 3.64. The maximum absolute atomic E-state index is 10.9. The number of rotatable bonds is 4. The van der Waals surface area contributed by atoms with Crippen LogP contribution in [0.5, 0.6) is 5.75 Å². The maximum atomic E-state index is 10.9. The van der Waals surface area contributed by atoms with Gasteiger partial charge in [-0.05, 0) is 45.3 Å². The molecule has 1 saturated heterocycles. The van der Waals surface area contributed by atoms with Gasteiger partial charge >= 0.3 is 0 Å². The van der Waals surface area contributed by atoms with Gasteiger partial charge in [-0.1, -0.05) is 30.3 Å². The lowest BCUT2D eigenvalue weighted by Crippen LogP contribution is -2.38. The number of fused-ring (bicyclic) bond motifs is 3. The zero-order valence-electron chi connectivity index (χ0n) is 14.4. The second-order valence-electron chi connectivity index (χ2n) is 6.53. The molecule has 0 amide bonds. The van der Waals surface area contributed by atoms with Crippen molar-refractivity contribution in [2.75, 3.05) is 40.0 Å². The first-order valence-electron chi connectivity index (χ1n) is 8.74. The molecule has 0 bridgehead atoms. The minimum Gasteiger partial charge on any atom is -0.497 e. The molecule has 0 aromatic heterocycles. The molecule has 1 aliphatic rings. The highest BCUT2D eigenvalue weighted by atomic mass is 16.5. The summed E-state index contributed by atoms with van der Waals surface area (Å²) in [4.78, 5) is 2.27. The van der Waals surface area contributed by atoms with E-state index in [4.69, 9.17) is 9.47 Å². The Balaban J connectivity index is 1.79. The summed E-state index contributed by atoms with van der Waals surface area (Å²) in [5.41, 5.74) is 0.986. The van der Waals surface area contributed by atoms with Gasteiger partial charge in [-0.15, -0.1) is 0 Å². The quantitative estimate of drug-likeness (QED) is 0.741. The molecular weight excluding hydrogens is 314 g/mol. The molecule has 1 N–H and O–H groups in total. The topological polar surface area (TPSA) is 41.9 Å². The van der Waals surface area contributed by atoms with Crippen molar-refractivity contribution in [1.82, 2.24) is 4.90 Å². The first kappa shape index (κ1) is 16.3. The van der Waals surface area contributed by atoms with Gasteiger partial charge in [0.15, 0.2) is 0 Å². The van der Waals surface area contributed by atoms with Crippen LogP contribution in [-0.2, 0) is 4.74 Å². The van der Waals surface area contributed by atoms with Crippen molar-refractivity contribution < 1.29 is 14.6 Å². The second-order valence-corrected chi connectivity index (χ2v) is 6.53. The van der Waals surface area contributed by atoms with Gasteiger partial charge in [0, 0.05) is 19.6 Å². The molecule has 1 heterocycles. The molecule has 0 spiro atoms. The highest BCUT2D eigenvalue weighted by molar-refractivity contribution is 6.09. The molecule has 1 fully saturated rings. The highest BCUT2D eigenvalue weighted by Crippen LogP contribution is 2.34. The Morgan fingerprint density at radius 1 is 1.04 bits per heavy atom. The first-order chi connectivity index (χ1) is 12.3. The molecule has 4 heteroatoms.